The number of aryl methyl sites for hydroxylation is 1. The largest absolute Gasteiger partial charge is 0.464 e. The second-order valence-corrected chi connectivity index (χ2v) is 4.62. The highest BCUT2D eigenvalue weighted by Gasteiger charge is 2.02. The quantitative estimate of drug-likeness (QED) is 0.802. The first kappa shape index (κ1) is 12.1. The SMILES string of the molecule is CCc1ccc(CNc2ccccc2SC)o1. The molecule has 0 aliphatic heterocycles. The van der Waals surface area contributed by atoms with E-state index in [2.05, 4.69) is 36.7 Å². The van der Waals surface area contributed by atoms with Crippen molar-refractivity contribution >= 4 is 17.4 Å². The molecule has 0 saturated heterocycles. The van der Waals surface area contributed by atoms with E-state index in [4.69, 9.17) is 4.42 Å². The fourth-order valence-electron chi connectivity index (χ4n) is 1.68. The molecule has 0 saturated carbocycles. The van der Waals surface area contributed by atoms with Gasteiger partial charge in [-0.25, -0.2) is 0 Å². The van der Waals surface area contributed by atoms with E-state index >= 15 is 0 Å². The second kappa shape index (κ2) is 5.82. The summed E-state index contributed by atoms with van der Waals surface area (Å²) in [6.07, 6.45) is 3.03. The third kappa shape index (κ3) is 3.07. The number of furan rings is 1. The lowest BCUT2D eigenvalue weighted by Crippen LogP contribution is -1.99. The van der Waals surface area contributed by atoms with Crippen LogP contribution in [0, 0.1) is 0 Å². The van der Waals surface area contributed by atoms with Crippen molar-refractivity contribution < 1.29 is 4.42 Å². The maximum Gasteiger partial charge on any atom is 0.123 e. The van der Waals surface area contributed by atoms with Crippen LogP contribution >= 0.6 is 11.8 Å². The van der Waals surface area contributed by atoms with E-state index in [1.54, 1.807) is 11.8 Å². The van der Waals surface area contributed by atoms with Gasteiger partial charge in [0.25, 0.3) is 0 Å². The van der Waals surface area contributed by atoms with Crippen LogP contribution in [-0.2, 0) is 13.0 Å². The molecule has 0 spiro atoms. The lowest BCUT2D eigenvalue weighted by atomic mass is 10.3. The molecule has 2 aromatic rings. The fourth-order valence-corrected chi connectivity index (χ4v) is 2.26. The van der Waals surface area contributed by atoms with Crippen molar-refractivity contribution in [3.05, 3.63) is 47.9 Å². The minimum atomic E-state index is 0.734. The molecule has 1 heterocycles. The Balaban J connectivity index is 2.01. The van der Waals surface area contributed by atoms with Crippen LogP contribution in [0.25, 0.3) is 0 Å². The van der Waals surface area contributed by atoms with E-state index in [-0.39, 0.29) is 0 Å². The molecule has 0 radical (unpaired) electrons. The van der Waals surface area contributed by atoms with Crippen LogP contribution in [0.15, 0.2) is 45.7 Å². The van der Waals surface area contributed by atoms with Gasteiger partial charge in [-0.1, -0.05) is 19.1 Å². The van der Waals surface area contributed by atoms with Crippen LogP contribution in [0.3, 0.4) is 0 Å². The number of nitrogens with one attached hydrogen (secondary N) is 1. The van der Waals surface area contributed by atoms with Crippen LogP contribution in [0.4, 0.5) is 5.69 Å². The summed E-state index contributed by atoms with van der Waals surface area (Å²) in [5.41, 5.74) is 1.16. The van der Waals surface area contributed by atoms with Gasteiger partial charge < -0.3 is 9.73 Å². The maximum absolute atomic E-state index is 5.66. The Labute approximate surface area is 106 Å². The number of para-hydroxylation sites is 1. The molecule has 90 valence electrons. The standard InChI is InChI=1S/C14H17NOS/c1-3-11-8-9-12(16-11)10-15-13-6-4-5-7-14(13)17-2/h4-9,15H,3,10H2,1-2H3. The third-order valence-corrected chi connectivity index (χ3v) is 3.42. The van der Waals surface area contributed by atoms with Crippen molar-refractivity contribution in [2.24, 2.45) is 0 Å². The smallest absolute Gasteiger partial charge is 0.123 e. The highest BCUT2D eigenvalue weighted by molar-refractivity contribution is 7.98. The van der Waals surface area contributed by atoms with Gasteiger partial charge in [0.05, 0.1) is 6.54 Å². The Morgan fingerprint density at radius 1 is 1.12 bits per heavy atom. The van der Waals surface area contributed by atoms with Gasteiger partial charge in [0.1, 0.15) is 11.5 Å². The second-order valence-electron chi connectivity index (χ2n) is 3.78. The molecular formula is C14H17NOS. The molecule has 0 unspecified atom stereocenters. The highest BCUT2D eigenvalue weighted by atomic mass is 32.2. The van der Waals surface area contributed by atoms with Crippen molar-refractivity contribution in [3.63, 3.8) is 0 Å². The van der Waals surface area contributed by atoms with Crippen LogP contribution in [0.5, 0.6) is 0 Å². The van der Waals surface area contributed by atoms with E-state index in [1.165, 1.54) is 4.90 Å². The summed E-state index contributed by atoms with van der Waals surface area (Å²) in [5.74, 6) is 2.03. The van der Waals surface area contributed by atoms with Gasteiger partial charge in [-0.05, 0) is 30.5 Å². The van der Waals surface area contributed by atoms with Gasteiger partial charge in [-0.15, -0.1) is 11.8 Å². The molecule has 1 aromatic carbocycles. The van der Waals surface area contributed by atoms with Crippen LogP contribution in [-0.4, -0.2) is 6.26 Å². The normalized spacial score (nSPS) is 10.5. The monoisotopic (exact) mass is 247 g/mol. The first-order valence-electron chi connectivity index (χ1n) is 5.78. The molecule has 2 rings (SSSR count). The molecule has 1 aromatic heterocycles. The van der Waals surface area contributed by atoms with Crippen molar-refractivity contribution in [1.82, 2.24) is 0 Å². The number of hydrogen-bond acceptors (Lipinski definition) is 3. The first-order valence-corrected chi connectivity index (χ1v) is 7.00. The molecule has 0 atom stereocenters. The van der Waals surface area contributed by atoms with Crippen LogP contribution < -0.4 is 5.32 Å². The van der Waals surface area contributed by atoms with E-state index in [1.807, 2.05) is 18.2 Å². The summed E-state index contributed by atoms with van der Waals surface area (Å²) in [7, 11) is 0. The van der Waals surface area contributed by atoms with Crippen molar-refractivity contribution in [2.45, 2.75) is 24.8 Å². The zero-order valence-corrected chi connectivity index (χ0v) is 11.0. The van der Waals surface area contributed by atoms with Crippen molar-refractivity contribution in [1.29, 1.82) is 0 Å². The minimum Gasteiger partial charge on any atom is -0.464 e. The summed E-state index contributed by atoms with van der Waals surface area (Å²) in [6.45, 7) is 2.83. The number of rotatable bonds is 5. The fraction of sp³-hybridized carbons (Fsp3) is 0.286. The molecule has 3 heteroatoms. The highest BCUT2D eigenvalue weighted by Crippen LogP contribution is 2.25. The molecule has 1 N–H and O–H groups in total. The van der Waals surface area contributed by atoms with Crippen molar-refractivity contribution in [2.75, 3.05) is 11.6 Å². The summed E-state index contributed by atoms with van der Waals surface area (Å²) in [4.78, 5) is 1.26. The molecule has 17 heavy (non-hydrogen) atoms. The zero-order valence-electron chi connectivity index (χ0n) is 10.2. The maximum atomic E-state index is 5.66. The Hall–Kier alpha value is -1.35. The molecule has 0 bridgehead atoms. The van der Waals surface area contributed by atoms with Gasteiger partial charge in [-0.2, -0.15) is 0 Å². The van der Waals surface area contributed by atoms with Gasteiger partial charge in [0.2, 0.25) is 0 Å². The van der Waals surface area contributed by atoms with Crippen LogP contribution in [0.2, 0.25) is 0 Å². The molecule has 0 amide bonds. The van der Waals surface area contributed by atoms with Crippen molar-refractivity contribution in [3.8, 4) is 0 Å². The summed E-state index contributed by atoms with van der Waals surface area (Å²) in [6, 6.07) is 12.4. The van der Waals surface area contributed by atoms with E-state index < -0.39 is 0 Å². The van der Waals surface area contributed by atoms with Crippen LogP contribution in [0.1, 0.15) is 18.4 Å². The lowest BCUT2D eigenvalue weighted by molar-refractivity contribution is 0.476. The topological polar surface area (TPSA) is 25.2 Å². The summed E-state index contributed by atoms with van der Waals surface area (Å²) < 4.78 is 5.66. The lowest BCUT2D eigenvalue weighted by Gasteiger charge is -2.08. The van der Waals surface area contributed by atoms with E-state index in [0.29, 0.717) is 0 Å². The van der Waals surface area contributed by atoms with E-state index in [0.717, 1.165) is 30.2 Å². The zero-order chi connectivity index (χ0) is 12.1. The average molecular weight is 247 g/mol. The average Bonchev–Trinajstić information content (AvgIpc) is 2.84. The summed E-state index contributed by atoms with van der Waals surface area (Å²) >= 11 is 1.75. The molecule has 2 nitrogen and oxygen atoms in total. The molecule has 0 aliphatic carbocycles. The Morgan fingerprint density at radius 3 is 2.59 bits per heavy atom. The molecular weight excluding hydrogens is 230 g/mol. The minimum absolute atomic E-state index is 0.734. The number of thioether (sulfide) groups is 1. The first-order chi connectivity index (χ1) is 8.33. The predicted molar refractivity (Wildman–Crippen MR) is 73.6 cm³/mol. The third-order valence-electron chi connectivity index (χ3n) is 2.63. The molecule has 0 aliphatic rings. The number of hydrogen-bond donors (Lipinski definition) is 1. The Bertz CT molecular complexity index is 479. The number of benzene rings is 1. The van der Waals surface area contributed by atoms with Gasteiger partial charge in [0, 0.05) is 17.0 Å². The summed E-state index contributed by atoms with van der Waals surface area (Å²) in [5, 5.41) is 3.40. The van der Waals surface area contributed by atoms with Gasteiger partial charge in [0.15, 0.2) is 0 Å². The van der Waals surface area contributed by atoms with Gasteiger partial charge in [-0.3, -0.25) is 0 Å². The Morgan fingerprint density at radius 2 is 1.88 bits per heavy atom. The van der Waals surface area contributed by atoms with Gasteiger partial charge >= 0.3 is 0 Å². The predicted octanol–water partition coefficient (Wildman–Crippen LogP) is 4.18. The Kier molecular flexibility index (Phi) is 4.15. The van der Waals surface area contributed by atoms with E-state index in [9.17, 15) is 0 Å². The number of anilines is 1. The molecule has 0 fully saturated rings.